The number of carbonyl (C=O) groups is 1. The van der Waals surface area contributed by atoms with E-state index in [4.69, 9.17) is 10.5 Å². The maximum absolute atomic E-state index is 13.4. The van der Waals surface area contributed by atoms with Crippen LogP contribution in [0.4, 0.5) is 32.3 Å². The Bertz CT molecular complexity index is 895. The number of nitrogens with one attached hydrogen (secondary N) is 2. The van der Waals surface area contributed by atoms with Crippen LogP contribution in [0.1, 0.15) is 46.5 Å². The monoisotopic (exact) mass is 432 g/mol. The predicted molar refractivity (Wildman–Crippen MR) is 117 cm³/mol. The van der Waals surface area contributed by atoms with E-state index in [2.05, 4.69) is 20.7 Å². The van der Waals surface area contributed by atoms with Crippen LogP contribution in [0.15, 0.2) is 30.5 Å². The first-order valence-electron chi connectivity index (χ1n) is 10.2. The highest BCUT2D eigenvalue weighted by Gasteiger charge is 2.25. The standard InChI is InChI=1S/C21H29FN6O3/c1-21(2,3)31-20(30)28(15-8-4-13(22)5-9-15)27-19-24-12-17(23)18(26-19)25-14-6-10-16(29)11-7-14/h4-5,8-9,12,14,16,29H,6-7,10-11,23H2,1-3H3,(H2,24,25,26,27). The van der Waals surface area contributed by atoms with Gasteiger partial charge < -0.3 is 20.9 Å². The Hall–Kier alpha value is -3.14. The second kappa shape index (κ2) is 9.34. The minimum atomic E-state index is -0.739. The molecule has 1 aromatic carbocycles. The Morgan fingerprint density at radius 3 is 2.48 bits per heavy atom. The van der Waals surface area contributed by atoms with E-state index in [9.17, 15) is 14.3 Å². The summed E-state index contributed by atoms with van der Waals surface area (Å²) in [6.45, 7) is 5.24. The Labute approximate surface area is 180 Å². The van der Waals surface area contributed by atoms with Crippen molar-refractivity contribution < 1.29 is 19.0 Å². The van der Waals surface area contributed by atoms with E-state index < -0.39 is 17.5 Å². The molecule has 1 heterocycles. The number of rotatable bonds is 5. The average Bonchev–Trinajstić information content (AvgIpc) is 2.69. The van der Waals surface area contributed by atoms with Crippen LogP contribution in [0.5, 0.6) is 0 Å². The molecule has 0 atom stereocenters. The van der Waals surface area contributed by atoms with Crippen LogP contribution in [-0.2, 0) is 4.74 Å². The minimum Gasteiger partial charge on any atom is -0.442 e. The molecule has 0 bridgehead atoms. The molecule has 1 aromatic heterocycles. The number of amides is 1. The number of hydrogen-bond donors (Lipinski definition) is 4. The van der Waals surface area contributed by atoms with Crippen molar-refractivity contribution in [3.05, 3.63) is 36.3 Å². The molecule has 2 aromatic rings. The maximum atomic E-state index is 13.4. The predicted octanol–water partition coefficient (Wildman–Crippen LogP) is 3.68. The molecular weight excluding hydrogens is 403 g/mol. The quantitative estimate of drug-likeness (QED) is 0.527. The van der Waals surface area contributed by atoms with Gasteiger partial charge in [0, 0.05) is 6.04 Å². The first-order chi connectivity index (χ1) is 14.6. The van der Waals surface area contributed by atoms with Crippen LogP contribution in [0.25, 0.3) is 0 Å². The van der Waals surface area contributed by atoms with E-state index in [1.54, 1.807) is 20.8 Å². The van der Waals surface area contributed by atoms with Gasteiger partial charge in [-0.25, -0.2) is 14.2 Å². The number of nitrogens with zero attached hydrogens (tertiary/aromatic N) is 3. The summed E-state index contributed by atoms with van der Waals surface area (Å²) in [7, 11) is 0. The second-order valence-electron chi connectivity index (χ2n) is 8.55. The molecule has 168 valence electrons. The van der Waals surface area contributed by atoms with Crippen molar-refractivity contribution in [1.29, 1.82) is 0 Å². The highest BCUT2D eigenvalue weighted by molar-refractivity contribution is 5.89. The fraction of sp³-hybridized carbons (Fsp3) is 0.476. The third-order valence-corrected chi connectivity index (χ3v) is 4.73. The number of aliphatic hydroxyl groups is 1. The van der Waals surface area contributed by atoms with Crippen molar-refractivity contribution in [2.24, 2.45) is 0 Å². The lowest BCUT2D eigenvalue weighted by molar-refractivity contribution is 0.0588. The van der Waals surface area contributed by atoms with E-state index in [1.807, 2.05) is 0 Å². The highest BCUT2D eigenvalue weighted by Crippen LogP contribution is 2.25. The highest BCUT2D eigenvalue weighted by atomic mass is 19.1. The van der Waals surface area contributed by atoms with Gasteiger partial charge in [-0.05, 0) is 70.7 Å². The summed E-state index contributed by atoms with van der Waals surface area (Å²) in [6.07, 6.45) is 3.49. The molecule has 0 aliphatic heterocycles. The van der Waals surface area contributed by atoms with E-state index in [0.717, 1.165) is 17.9 Å². The number of carbonyl (C=O) groups excluding carboxylic acids is 1. The number of aromatic nitrogens is 2. The van der Waals surface area contributed by atoms with E-state index in [-0.39, 0.29) is 18.1 Å². The zero-order chi connectivity index (χ0) is 22.6. The largest absolute Gasteiger partial charge is 0.442 e. The zero-order valence-corrected chi connectivity index (χ0v) is 17.9. The van der Waals surface area contributed by atoms with Gasteiger partial charge in [0.05, 0.1) is 23.7 Å². The summed E-state index contributed by atoms with van der Waals surface area (Å²) in [4.78, 5) is 21.3. The summed E-state index contributed by atoms with van der Waals surface area (Å²) in [5, 5.41) is 14.1. The van der Waals surface area contributed by atoms with Gasteiger partial charge in [0.1, 0.15) is 11.4 Å². The van der Waals surface area contributed by atoms with Crippen molar-refractivity contribution in [2.75, 3.05) is 21.5 Å². The first-order valence-corrected chi connectivity index (χ1v) is 10.2. The number of anilines is 4. The zero-order valence-electron chi connectivity index (χ0n) is 17.9. The average molecular weight is 433 g/mol. The molecule has 1 fully saturated rings. The summed E-state index contributed by atoms with van der Waals surface area (Å²) >= 11 is 0. The molecule has 10 heteroatoms. The molecule has 9 nitrogen and oxygen atoms in total. The van der Waals surface area contributed by atoms with Crippen molar-refractivity contribution >= 4 is 29.2 Å². The maximum Gasteiger partial charge on any atom is 0.434 e. The van der Waals surface area contributed by atoms with Crippen LogP contribution in [0.3, 0.4) is 0 Å². The molecule has 1 aliphatic carbocycles. The number of nitrogen functional groups attached to an aromatic ring is 1. The SMILES string of the molecule is CC(C)(C)OC(=O)N(Nc1ncc(N)c(NC2CCC(O)CC2)n1)c1ccc(F)cc1. The van der Waals surface area contributed by atoms with Gasteiger partial charge in [0.25, 0.3) is 0 Å². The Morgan fingerprint density at radius 2 is 1.87 bits per heavy atom. The van der Waals surface area contributed by atoms with Crippen LogP contribution in [0.2, 0.25) is 0 Å². The molecule has 31 heavy (non-hydrogen) atoms. The third kappa shape index (κ3) is 6.42. The smallest absolute Gasteiger partial charge is 0.434 e. The number of benzene rings is 1. The fourth-order valence-electron chi connectivity index (χ4n) is 3.19. The van der Waals surface area contributed by atoms with Crippen LogP contribution in [0, 0.1) is 5.82 Å². The van der Waals surface area contributed by atoms with Crippen LogP contribution < -0.4 is 21.5 Å². The van der Waals surface area contributed by atoms with Gasteiger partial charge >= 0.3 is 6.09 Å². The van der Waals surface area contributed by atoms with Gasteiger partial charge in [-0.1, -0.05) is 0 Å². The number of nitrogens with two attached hydrogens (primary N) is 1. The lowest BCUT2D eigenvalue weighted by Gasteiger charge is -2.28. The van der Waals surface area contributed by atoms with E-state index in [1.165, 1.54) is 30.5 Å². The summed E-state index contributed by atoms with van der Waals surface area (Å²) in [6, 6.07) is 5.49. The molecule has 3 rings (SSSR count). The number of hydrogen-bond acceptors (Lipinski definition) is 8. The van der Waals surface area contributed by atoms with Crippen LogP contribution >= 0.6 is 0 Å². The van der Waals surface area contributed by atoms with Gasteiger partial charge in [0.2, 0.25) is 5.95 Å². The Kier molecular flexibility index (Phi) is 6.79. The van der Waals surface area contributed by atoms with Crippen molar-refractivity contribution in [2.45, 2.75) is 64.2 Å². The van der Waals surface area contributed by atoms with Crippen LogP contribution in [-0.4, -0.2) is 38.9 Å². The van der Waals surface area contributed by atoms with Gasteiger partial charge in [0.15, 0.2) is 5.82 Å². The number of aliphatic hydroxyl groups excluding tert-OH is 1. The van der Waals surface area contributed by atoms with Gasteiger partial charge in [-0.15, -0.1) is 0 Å². The van der Waals surface area contributed by atoms with E-state index in [0.29, 0.717) is 30.0 Å². The number of hydrazine groups is 1. The summed E-state index contributed by atoms with van der Waals surface area (Å²) in [5.74, 6) is 0.116. The number of halogens is 1. The molecule has 0 spiro atoms. The topological polar surface area (TPSA) is 126 Å². The number of ether oxygens (including phenoxy) is 1. The molecular formula is C21H29FN6O3. The second-order valence-corrected chi connectivity index (χ2v) is 8.55. The van der Waals surface area contributed by atoms with Crippen molar-refractivity contribution in [1.82, 2.24) is 9.97 Å². The lowest BCUT2D eigenvalue weighted by atomic mass is 9.93. The van der Waals surface area contributed by atoms with Gasteiger partial charge in [-0.3, -0.25) is 5.43 Å². The van der Waals surface area contributed by atoms with Gasteiger partial charge in [-0.2, -0.15) is 9.99 Å². The molecule has 1 aliphatic rings. The molecule has 5 N–H and O–H groups in total. The Balaban J connectivity index is 1.81. The van der Waals surface area contributed by atoms with Crippen molar-refractivity contribution in [3.63, 3.8) is 0 Å². The molecule has 0 radical (unpaired) electrons. The fourth-order valence-corrected chi connectivity index (χ4v) is 3.19. The summed E-state index contributed by atoms with van der Waals surface area (Å²) < 4.78 is 18.8. The molecule has 0 saturated heterocycles. The normalized spacial score (nSPS) is 18.9. The molecule has 1 saturated carbocycles. The molecule has 0 unspecified atom stereocenters. The van der Waals surface area contributed by atoms with Crippen molar-refractivity contribution in [3.8, 4) is 0 Å². The molecule has 1 amide bonds. The van der Waals surface area contributed by atoms with E-state index >= 15 is 0 Å². The lowest BCUT2D eigenvalue weighted by Crippen LogP contribution is -2.41. The third-order valence-electron chi connectivity index (χ3n) is 4.73. The minimum absolute atomic E-state index is 0.114. The Morgan fingerprint density at radius 1 is 1.23 bits per heavy atom. The first kappa shape index (κ1) is 22.5. The summed E-state index contributed by atoms with van der Waals surface area (Å²) in [5.41, 5.74) is 8.83.